The predicted molar refractivity (Wildman–Crippen MR) is 215 cm³/mol. The fourth-order valence-electron chi connectivity index (χ4n) is 6.20. The van der Waals surface area contributed by atoms with Crippen LogP contribution in [-0.4, -0.2) is 137 Å². The number of hydrogen-bond donors (Lipinski definition) is 11. The van der Waals surface area contributed by atoms with E-state index in [0.29, 0.717) is 19.3 Å². The largest absolute Gasteiger partial charge is 0.481 e. The van der Waals surface area contributed by atoms with Gasteiger partial charge in [0, 0.05) is 19.5 Å². The van der Waals surface area contributed by atoms with Crippen molar-refractivity contribution in [1.82, 2.24) is 36.8 Å². The summed E-state index contributed by atoms with van der Waals surface area (Å²) >= 11 is 0. The molecule has 0 aliphatic carbocycles. The highest BCUT2D eigenvalue weighted by Crippen LogP contribution is 2.19. The van der Waals surface area contributed by atoms with Crippen molar-refractivity contribution >= 4 is 59.2 Å². The number of guanidine groups is 1. The molecule has 7 amide bonds. The third-order valence-corrected chi connectivity index (χ3v) is 9.22. The van der Waals surface area contributed by atoms with Crippen molar-refractivity contribution in [2.24, 2.45) is 39.9 Å². The average Bonchev–Trinajstić information content (AvgIpc) is 3.63. The number of carbonyl (C=O) groups is 9. The molecule has 334 valence electrons. The first-order chi connectivity index (χ1) is 27.5. The summed E-state index contributed by atoms with van der Waals surface area (Å²) in [5, 5.41) is 33.6. The van der Waals surface area contributed by atoms with Crippen molar-refractivity contribution in [3.8, 4) is 0 Å². The summed E-state index contributed by atoms with van der Waals surface area (Å²) in [4.78, 5) is 120. The van der Waals surface area contributed by atoms with Gasteiger partial charge in [0.15, 0.2) is 5.96 Å². The van der Waals surface area contributed by atoms with Gasteiger partial charge in [-0.3, -0.25) is 43.3 Å². The SMILES string of the molecule is CC(C)C[C@H](NC(=O)[C@@H]1CCCN1C(=O)CNC(=O)[C@@H](N)CC(C)C)C(=O)N[C@H](C(=O)N[C@@H](CCC(=O)O)C(=O)NCC(=O)N[C@@H](CCCN=C(N)N)C(=O)O)C(C)C. The Morgan fingerprint density at radius 1 is 0.729 bits per heavy atom. The monoisotopic (exact) mass is 839 g/mol. The van der Waals surface area contributed by atoms with Crippen molar-refractivity contribution in [1.29, 1.82) is 0 Å². The maximum atomic E-state index is 13.7. The summed E-state index contributed by atoms with van der Waals surface area (Å²) in [7, 11) is 0. The lowest BCUT2D eigenvalue weighted by Crippen LogP contribution is -2.60. The van der Waals surface area contributed by atoms with Gasteiger partial charge in [-0.2, -0.15) is 0 Å². The van der Waals surface area contributed by atoms with Gasteiger partial charge in [-0.15, -0.1) is 0 Å². The van der Waals surface area contributed by atoms with Crippen LogP contribution in [0.4, 0.5) is 0 Å². The fraction of sp³-hybridized carbons (Fsp3) is 0.730. The van der Waals surface area contributed by atoms with E-state index in [9.17, 15) is 53.4 Å². The first kappa shape index (κ1) is 51.5. The van der Waals surface area contributed by atoms with Crippen LogP contribution in [-0.2, 0) is 43.2 Å². The number of amides is 7. The zero-order valence-electron chi connectivity index (χ0n) is 34.9. The van der Waals surface area contributed by atoms with E-state index in [-0.39, 0.29) is 56.7 Å². The van der Waals surface area contributed by atoms with Crippen LogP contribution in [0.2, 0.25) is 0 Å². The number of nitrogens with two attached hydrogens (primary N) is 3. The lowest BCUT2D eigenvalue weighted by Gasteiger charge is -2.29. The van der Waals surface area contributed by atoms with E-state index in [1.807, 2.05) is 27.7 Å². The van der Waals surface area contributed by atoms with Gasteiger partial charge >= 0.3 is 11.9 Å². The Bertz CT molecular complexity index is 1520. The van der Waals surface area contributed by atoms with Crippen LogP contribution in [0.1, 0.15) is 92.9 Å². The molecular formula is C37H65N11O11. The Kier molecular flexibility index (Phi) is 22.5. The first-order valence-electron chi connectivity index (χ1n) is 19.8. The molecule has 1 saturated heterocycles. The highest BCUT2D eigenvalue weighted by atomic mass is 16.4. The van der Waals surface area contributed by atoms with Crippen molar-refractivity contribution in [2.75, 3.05) is 26.2 Å². The number of nitrogens with one attached hydrogen (secondary N) is 6. The molecule has 1 aliphatic heterocycles. The Morgan fingerprint density at radius 3 is 1.92 bits per heavy atom. The van der Waals surface area contributed by atoms with Gasteiger partial charge in [-0.25, -0.2) is 4.79 Å². The standard InChI is InChI=1S/C37H65N11O11/c1-19(2)15-22(38)31(53)43-18-28(50)48-14-8-10-26(48)34(56)46-25(16-20(3)4)33(55)47-30(21(5)6)35(57)45-23(11-12-29(51)52)32(54)42-17-27(49)44-24(36(58)59)9-7-13-41-37(39)40/h19-26,30H,7-18,38H2,1-6H3,(H,42,54)(H,43,53)(H,44,49)(H,45,57)(H,46,56)(H,47,55)(H,51,52)(H,58,59)(H4,39,40,41)/t22-,23-,24-,25-,26-,30-/m0/s1. The van der Waals surface area contributed by atoms with Crippen molar-refractivity contribution < 1.29 is 53.4 Å². The Morgan fingerprint density at radius 2 is 1.36 bits per heavy atom. The normalized spacial score (nSPS) is 16.2. The number of carbonyl (C=O) groups excluding carboxylic acids is 7. The first-order valence-corrected chi connectivity index (χ1v) is 19.8. The predicted octanol–water partition coefficient (Wildman–Crippen LogP) is -2.77. The van der Waals surface area contributed by atoms with Crippen molar-refractivity contribution in [3.63, 3.8) is 0 Å². The maximum absolute atomic E-state index is 13.7. The van der Waals surface area contributed by atoms with E-state index in [1.54, 1.807) is 13.8 Å². The van der Waals surface area contributed by atoms with Gasteiger partial charge in [-0.1, -0.05) is 41.5 Å². The number of aliphatic carboxylic acids is 2. The minimum Gasteiger partial charge on any atom is -0.481 e. The van der Waals surface area contributed by atoms with Crippen LogP contribution in [0.15, 0.2) is 4.99 Å². The van der Waals surface area contributed by atoms with E-state index in [0.717, 1.165) is 0 Å². The van der Waals surface area contributed by atoms with E-state index in [4.69, 9.17) is 17.2 Å². The van der Waals surface area contributed by atoms with Gasteiger partial charge < -0.3 is 64.2 Å². The van der Waals surface area contributed by atoms with E-state index in [2.05, 4.69) is 36.9 Å². The summed E-state index contributed by atoms with van der Waals surface area (Å²) in [5.41, 5.74) is 16.4. The molecule has 1 fully saturated rings. The van der Waals surface area contributed by atoms with Crippen LogP contribution in [0.5, 0.6) is 0 Å². The molecule has 0 aromatic rings. The lowest BCUT2D eigenvalue weighted by atomic mass is 9.99. The number of likely N-dealkylation sites (tertiary alicyclic amines) is 1. The molecule has 0 bridgehead atoms. The number of carboxylic acid groups (broad SMARTS) is 2. The van der Waals surface area contributed by atoms with Gasteiger partial charge in [0.1, 0.15) is 30.2 Å². The summed E-state index contributed by atoms with van der Waals surface area (Å²) in [6.07, 6.45) is 0.647. The van der Waals surface area contributed by atoms with Gasteiger partial charge in [0.25, 0.3) is 0 Å². The smallest absolute Gasteiger partial charge is 0.326 e. The molecule has 14 N–H and O–H groups in total. The molecule has 22 heteroatoms. The maximum Gasteiger partial charge on any atom is 0.326 e. The highest BCUT2D eigenvalue weighted by Gasteiger charge is 2.37. The quantitative estimate of drug-likeness (QED) is 0.0239. The number of aliphatic imine (C=N–C) groups is 1. The highest BCUT2D eigenvalue weighted by molar-refractivity contribution is 5.97. The second-order valence-electron chi connectivity index (χ2n) is 15.7. The molecule has 6 atom stereocenters. The molecule has 1 heterocycles. The molecular weight excluding hydrogens is 774 g/mol. The van der Waals surface area contributed by atoms with Crippen LogP contribution in [0.25, 0.3) is 0 Å². The summed E-state index contributed by atoms with van der Waals surface area (Å²) in [6, 6.07) is -6.94. The second kappa shape index (κ2) is 25.7. The van der Waals surface area contributed by atoms with E-state index < -0.39 is 115 Å². The molecule has 1 rings (SSSR count). The minimum atomic E-state index is -1.48. The minimum absolute atomic E-state index is 0.0264. The van der Waals surface area contributed by atoms with Gasteiger partial charge in [0.05, 0.1) is 19.1 Å². The Hall–Kier alpha value is -5.54. The Labute approximate surface area is 344 Å². The average molecular weight is 840 g/mol. The second-order valence-corrected chi connectivity index (χ2v) is 15.7. The zero-order valence-corrected chi connectivity index (χ0v) is 34.9. The molecule has 22 nitrogen and oxygen atoms in total. The van der Waals surface area contributed by atoms with E-state index >= 15 is 0 Å². The van der Waals surface area contributed by atoms with E-state index in [1.165, 1.54) is 4.90 Å². The van der Waals surface area contributed by atoms with Gasteiger partial charge in [-0.05, 0) is 62.7 Å². The zero-order chi connectivity index (χ0) is 45.0. The van der Waals surface area contributed by atoms with Crippen LogP contribution in [0, 0.1) is 17.8 Å². The summed E-state index contributed by atoms with van der Waals surface area (Å²) in [5.74, 6) is -8.28. The third kappa shape index (κ3) is 19.6. The molecule has 0 aromatic heterocycles. The molecule has 0 radical (unpaired) electrons. The number of rotatable bonds is 26. The molecule has 0 unspecified atom stereocenters. The molecule has 0 spiro atoms. The number of nitrogens with zero attached hydrogens (tertiary/aromatic N) is 2. The van der Waals surface area contributed by atoms with Crippen molar-refractivity contribution in [3.05, 3.63) is 0 Å². The van der Waals surface area contributed by atoms with Gasteiger partial charge in [0.2, 0.25) is 41.4 Å². The number of hydrogen-bond acceptors (Lipinski definition) is 11. The molecule has 0 aromatic carbocycles. The van der Waals surface area contributed by atoms with Crippen LogP contribution < -0.4 is 49.1 Å². The molecule has 0 saturated carbocycles. The third-order valence-electron chi connectivity index (χ3n) is 9.22. The fourth-order valence-corrected chi connectivity index (χ4v) is 6.20. The summed E-state index contributed by atoms with van der Waals surface area (Å²) in [6.45, 7) is 10.0. The van der Waals surface area contributed by atoms with Crippen LogP contribution >= 0.6 is 0 Å². The number of carboxylic acids is 2. The summed E-state index contributed by atoms with van der Waals surface area (Å²) < 4.78 is 0. The molecule has 59 heavy (non-hydrogen) atoms. The lowest BCUT2D eigenvalue weighted by molar-refractivity contribution is -0.142. The Balaban J connectivity index is 3.03. The topological polar surface area (TPSA) is 360 Å². The molecule has 1 aliphatic rings. The van der Waals surface area contributed by atoms with Crippen molar-refractivity contribution in [2.45, 2.75) is 129 Å². The van der Waals surface area contributed by atoms with Crippen LogP contribution in [0.3, 0.4) is 0 Å².